The smallest absolute Gasteiger partial charge is 0.306 e. The van der Waals surface area contributed by atoms with E-state index in [1.165, 1.54) is 0 Å². The van der Waals surface area contributed by atoms with Crippen LogP contribution in [0.3, 0.4) is 0 Å². The Kier molecular flexibility index (Phi) is 35.8. The van der Waals surface area contributed by atoms with Crippen LogP contribution in [0.25, 0.3) is 0 Å². The minimum Gasteiger partial charge on any atom is -0.457 e. The van der Waals surface area contributed by atoms with E-state index in [2.05, 4.69) is 123 Å². The van der Waals surface area contributed by atoms with Gasteiger partial charge in [0, 0.05) is 13.0 Å². The van der Waals surface area contributed by atoms with Crippen LogP contribution in [-0.2, 0) is 23.7 Å². The molecule has 9 heteroatoms. The van der Waals surface area contributed by atoms with Gasteiger partial charge in [0.1, 0.15) is 30.5 Å². The lowest BCUT2D eigenvalue weighted by molar-refractivity contribution is -0.305. The molecular weight excluding hydrogens is 733 g/mol. The number of aliphatic hydroxyl groups excluding tert-OH is 4. The lowest BCUT2D eigenvalue weighted by Crippen LogP contribution is -2.59. The van der Waals surface area contributed by atoms with E-state index < -0.39 is 43.4 Å². The van der Waals surface area contributed by atoms with Crippen LogP contribution in [0.1, 0.15) is 129 Å². The topological polar surface area (TPSA) is 135 Å². The van der Waals surface area contributed by atoms with Crippen molar-refractivity contribution in [3.63, 3.8) is 0 Å². The normalized spacial score (nSPS) is 21.4. The minimum atomic E-state index is -1.56. The van der Waals surface area contributed by atoms with E-state index in [1.54, 1.807) is 0 Å². The van der Waals surface area contributed by atoms with Crippen LogP contribution in [0.5, 0.6) is 0 Å². The fourth-order valence-electron chi connectivity index (χ4n) is 5.81. The summed E-state index contributed by atoms with van der Waals surface area (Å²) in [7, 11) is 0. The molecule has 1 fully saturated rings. The monoisotopic (exact) mass is 811 g/mol. The zero-order chi connectivity index (χ0) is 42.2. The molecule has 6 unspecified atom stereocenters. The Hall–Kier alpha value is -3.15. The van der Waals surface area contributed by atoms with E-state index in [9.17, 15) is 25.2 Å². The highest BCUT2D eigenvalue weighted by molar-refractivity contribution is 5.69. The second-order valence-electron chi connectivity index (χ2n) is 14.4. The van der Waals surface area contributed by atoms with Gasteiger partial charge in [0.15, 0.2) is 6.29 Å². The number of esters is 1. The summed E-state index contributed by atoms with van der Waals surface area (Å²) in [6, 6.07) is 0. The molecule has 58 heavy (non-hydrogen) atoms. The molecule has 1 saturated heterocycles. The summed E-state index contributed by atoms with van der Waals surface area (Å²) in [6.45, 7) is 4.12. The molecule has 0 saturated carbocycles. The number of hydrogen-bond donors (Lipinski definition) is 4. The van der Waals surface area contributed by atoms with Crippen LogP contribution in [0.2, 0.25) is 0 Å². The lowest BCUT2D eigenvalue weighted by atomic mass is 9.99. The van der Waals surface area contributed by atoms with Gasteiger partial charge in [-0.3, -0.25) is 4.79 Å². The summed E-state index contributed by atoms with van der Waals surface area (Å²) < 4.78 is 22.7. The van der Waals surface area contributed by atoms with Crippen molar-refractivity contribution in [1.82, 2.24) is 0 Å². The molecule has 1 heterocycles. The maximum atomic E-state index is 12.8. The molecular formula is C49H78O9. The van der Waals surface area contributed by atoms with Gasteiger partial charge in [-0.05, 0) is 89.9 Å². The van der Waals surface area contributed by atoms with Crippen molar-refractivity contribution in [2.24, 2.45) is 0 Å². The van der Waals surface area contributed by atoms with Crippen LogP contribution in [0, 0.1) is 0 Å². The quantitative estimate of drug-likeness (QED) is 0.0280. The van der Waals surface area contributed by atoms with Gasteiger partial charge in [0.2, 0.25) is 0 Å². The molecule has 0 amide bonds. The predicted octanol–water partition coefficient (Wildman–Crippen LogP) is 9.80. The Labute approximate surface area is 351 Å². The maximum absolute atomic E-state index is 12.8. The van der Waals surface area contributed by atoms with Crippen LogP contribution in [0.15, 0.2) is 109 Å². The number of rotatable bonds is 35. The van der Waals surface area contributed by atoms with Gasteiger partial charge in [0.05, 0.1) is 19.8 Å². The minimum absolute atomic E-state index is 0.0894. The third-order valence-electron chi connectivity index (χ3n) is 9.18. The number of hydrogen-bond acceptors (Lipinski definition) is 9. The third-order valence-corrected chi connectivity index (χ3v) is 9.18. The number of allylic oxidation sites excluding steroid dienone is 18. The maximum Gasteiger partial charge on any atom is 0.306 e. The second-order valence-corrected chi connectivity index (χ2v) is 14.4. The van der Waals surface area contributed by atoms with Crippen molar-refractivity contribution in [3.8, 4) is 0 Å². The van der Waals surface area contributed by atoms with Crippen molar-refractivity contribution in [3.05, 3.63) is 109 Å². The highest BCUT2D eigenvalue weighted by Crippen LogP contribution is 2.22. The first-order valence-corrected chi connectivity index (χ1v) is 22.0. The molecule has 6 atom stereocenters. The van der Waals surface area contributed by atoms with Gasteiger partial charge >= 0.3 is 5.97 Å². The molecule has 0 aliphatic carbocycles. The first kappa shape index (κ1) is 52.9. The summed E-state index contributed by atoms with van der Waals surface area (Å²) in [5.41, 5.74) is 0. The molecule has 0 radical (unpaired) electrons. The van der Waals surface area contributed by atoms with Crippen molar-refractivity contribution >= 4 is 5.97 Å². The number of ether oxygens (including phenoxy) is 4. The van der Waals surface area contributed by atoms with Crippen LogP contribution >= 0.6 is 0 Å². The summed E-state index contributed by atoms with van der Waals surface area (Å²) in [5.74, 6) is -0.356. The molecule has 0 aromatic rings. The second kappa shape index (κ2) is 39.3. The van der Waals surface area contributed by atoms with Gasteiger partial charge < -0.3 is 39.4 Å². The summed E-state index contributed by atoms with van der Waals surface area (Å²) in [5, 5.41) is 40.1. The average Bonchev–Trinajstić information content (AvgIpc) is 3.22. The SMILES string of the molecule is CC/C=C\C/C=C\C/C=C\C/C=C\C/C=C\C/C=C\CCCOCC(COC1OC(CO)C(O)C(O)C1O)OC(=O)CCCCCCC/C=C\C/C=C\C/C=C\CC. The molecule has 0 bridgehead atoms. The van der Waals surface area contributed by atoms with Crippen molar-refractivity contribution < 1.29 is 44.2 Å². The van der Waals surface area contributed by atoms with E-state index in [0.717, 1.165) is 109 Å². The van der Waals surface area contributed by atoms with Crippen LogP contribution in [-0.4, -0.2) is 89.6 Å². The van der Waals surface area contributed by atoms with Gasteiger partial charge in [-0.2, -0.15) is 0 Å². The number of carbonyl (C=O) groups excluding carboxylic acids is 1. The van der Waals surface area contributed by atoms with E-state index in [4.69, 9.17) is 18.9 Å². The van der Waals surface area contributed by atoms with Gasteiger partial charge in [0.25, 0.3) is 0 Å². The molecule has 0 aromatic heterocycles. The molecule has 328 valence electrons. The Morgan fingerprint density at radius 2 is 1.00 bits per heavy atom. The first-order chi connectivity index (χ1) is 28.4. The fourth-order valence-corrected chi connectivity index (χ4v) is 5.81. The van der Waals surface area contributed by atoms with Gasteiger partial charge in [-0.1, -0.05) is 142 Å². The zero-order valence-electron chi connectivity index (χ0n) is 35.7. The van der Waals surface area contributed by atoms with E-state index in [0.29, 0.717) is 6.61 Å². The van der Waals surface area contributed by atoms with E-state index in [1.807, 2.05) is 0 Å². The van der Waals surface area contributed by atoms with Gasteiger partial charge in [-0.15, -0.1) is 0 Å². The molecule has 1 aliphatic rings. The van der Waals surface area contributed by atoms with Gasteiger partial charge in [-0.25, -0.2) is 0 Å². The molecule has 9 nitrogen and oxygen atoms in total. The lowest BCUT2D eigenvalue weighted by Gasteiger charge is -2.39. The predicted molar refractivity (Wildman–Crippen MR) is 237 cm³/mol. The van der Waals surface area contributed by atoms with Crippen molar-refractivity contribution in [2.45, 2.75) is 166 Å². The molecule has 0 aromatic carbocycles. The summed E-state index contributed by atoms with van der Waals surface area (Å²) in [6.07, 6.45) is 48.4. The fraction of sp³-hybridized carbons (Fsp3) is 0.612. The summed E-state index contributed by atoms with van der Waals surface area (Å²) in [4.78, 5) is 12.8. The molecule has 1 rings (SSSR count). The Balaban J connectivity index is 2.35. The molecule has 0 spiro atoms. The number of aliphatic hydroxyl groups is 4. The first-order valence-electron chi connectivity index (χ1n) is 22.0. The Bertz CT molecular complexity index is 1240. The van der Waals surface area contributed by atoms with Crippen molar-refractivity contribution in [1.29, 1.82) is 0 Å². The van der Waals surface area contributed by atoms with Crippen LogP contribution < -0.4 is 0 Å². The summed E-state index contributed by atoms with van der Waals surface area (Å²) >= 11 is 0. The Morgan fingerprint density at radius 1 is 0.552 bits per heavy atom. The molecule has 4 N–H and O–H groups in total. The van der Waals surface area contributed by atoms with Crippen molar-refractivity contribution in [2.75, 3.05) is 26.4 Å². The standard InChI is InChI=1S/C49H78O9/c1-3-5-7-9-11-13-15-17-19-20-21-22-23-25-27-29-31-33-35-37-39-55-41-43(42-56-49-48(54)47(53)46(52)44(40-50)58-49)57-45(51)38-36-34-32-30-28-26-24-18-16-14-12-10-8-6-4-2/h5-8,11-14,17-19,21-22,24-25,27,31,33,43-44,46-50,52-54H,3-4,9-10,15-16,20,23,26,28-30,32,34-42H2,1-2H3/b7-5-,8-6-,13-11-,14-12-,19-17-,22-21-,24-18-,27-25-,33-31-. The average molecular weight is 811 g/mol. The third kappa shape index (κ3) is 30.0. The van der Waals surface area contributed by atoms with E-state index in [-0.39, 0.29) is 25.6 Å². The number of unbranched alkanes of at least 4 members (excludes halogenated alkanes) is 6. The zero-order valence-corrected chi connectivity index (χ0v) is 35.7. The molecule has 1 aliphatic heterocycles. The van der Waals surface area contributed by atoms with Crippen LogP contribution in [0.4, 0.5) is 0 Å². The number of carbonyl (C=O) groups is 1. The highest BCUT2D eigenvalue weighted by atomic mass is 16.7. The highest BCUT2D eigenvalue weighted by Gasteiger charge is 2.44. The Morgan fingerprint density at radius 3 is 1.50 bits per heavy atom. The van der Waals surface area contributed by atoms with E-state index >= 15 is 0 Å². The largest absolute Gasteiger partial charge is 0.457 e.